The molecule has 0 fully saturated rings. The van der Waals surface area contributed by atoms with E-state index in [1.54, 1.807) is 0 Å². The molecule has 2 atom stereocenters. The minimum atomic E-state index is -1.20. The van der Waals surface area contributed by atoms with Crippen molar-refractivity contribution < 1.29 is 19.5 Å². The van der Waals surface area contributed by atoms with E-state index in [0.717, 1.165) is 0 Å². The quantitative estimate of drug-likeness (QED) is 0.533. The fourth-order valence-corrected chi connectivity index (χ4v) is 1.24. The molecule has 0 bridgehead atoms. The lowest BCUT2D eigenvalue weighted by atomic mass is 10.0. The summed E-state index contributed by atoms with van der Waals surface area (Å²) in [6.45, 7) is 8.06. The predicted octanol–water partition coefficient (Wildman–Crippen LogP) is 0.425. The van der Waals surface area contributed by atoms with Crippen LogP contribution in [-0.4, -0.2) is 39.7 Å². The SMILES string of the molecule is CC(C)C(S)C(=O)NC(C)(C)C(=O)N[C@@H](C)C(=O)O. The number of aliphatic carboxylic acids is 1. The molecule has 3 N–H and O–H groups in total. The Morgan fingerprint density at radius 2 is 1.63 bits per heavy atom. The van der Waals surface area contributed by atoms with Gasteiger partial charge in [-0.1, -0.05) is 13.8 Å². The van der Waals surface area contributed by atoms with E-state index in [4.69, 9.17) is 5.11 Å². The summed E-state index contributed by atoms with van der Waals surface area (Å²) < 4.78 is 0. The van der Waals surface area contributed by atoms with Crippen LogP contribution in [0.2, 0.25) is 0 Å². The number of carboxylic acids is 1. The van der Waals surface area contributed by atoms with Crippen molar-refractivity contribution in [3.05, 3.63) is 0 Å². The van der Waals surface area contributed by atoms with Crippen LogP contribution in [-0.2, 0) is 14.4 Å². The summed E-state index contributed by atoms with van der Waals surface area (Å²) in [5.74, 6) is -2.02. The van der Waals surface area contributed by atoms with E-state index in [9.17, 15) is 14.4 Å². The van der Waals surface area contributed by atoms with E-state index in [-0.39, 0.29) is 11.8 Å². The summed E-state index contributed by atoms with van der Waals surface area (Å²) in [6.07, 6.45) is 0. The molecule has 0 saturated heterocycles. The highest BCUT2D eigenvalue weighted by Crippen LogP contribution is 2.11. The molecule has 0 aromatic rings. The number of hydrogen-bond donors (Lipinski definition) is 4. The molecule has 0 aromatic heterocycles. The Labute approximate surface area is 118 Å². The minimum absolute atomic E-state index is 0.0279. The van der Waals surface area contributed by atoms with Gasteiger partial charge < -0.3 is 15.7 Å². The van der Waals surface area contributed by atoms with Crippen LogP contribution in [0.25, 0.3) is 0 Å². The van der Waals surface area contributed by atoms with E-state index in [2.05, 4.69) is 23.3 Å². The average Bonchev–Trinajstić information content (AvgIpc) is 2.26. The first-order chi connectivity index (χ1) is 8.49. The van der Waals surface area contributed by atoms with Crippen molar-refractivity contribution in [3.8, 4) is 0 Å². The maximum Gasteiger partial charge on any atom is 0.325 e. The molecule has 0 aliphatic heterocycles. The highest BCUT2D eigenvalue weighted by molar-refractivity contribution is 7.81. The second kappa shape index (κ2) is 6.79. The van der Waals surface area contributed by atoms with Gasteiger partial charge in [0, 0.05) is 0 Å². The summed E-state index contributed by atoms with van der Waals surface area (Å²) in [4.78, 5) is 34.4. The first kappa shape index (κ1) is 17.8. The van der Waals surface area contributed by atoms with Crippen LogP contribution in [0.5, 0.6) is 0 Å². The second-order valence-corrected chi connectivity index (χ2v) is 5.89. The molecule has 0 heterocycles. The number of nitrogens with one attached hydrogen (secondary N) is 2. The third-order valence-corrected chi connectivity index (χ3v) is 3.45. The fourth-order valence-electron chi connectivity index (χ4n) is 1.18. The third kappa shape index (κ3) is 5.50. The smallest absolute Gasteiger partial charge is 0.325 e. The van der Waals surface area contributed by atoms with Crippen molar-refractivity contribution in [3.63, 3.8) is 0 Å². The molecular formula is C12H22N2O4S. The molecule has 0 saturated carbocycles. The molecule has 0 spiro atoms. The Balaban J connectivity index is 4.66. The van der Waals surface area contributed by atoms with E-state index >= 15 is 0 Å². The maximum atomic E-state index is 11.9. The van der Waals surface area contributed by atoms with Gasteiger partial charge in [0.05, 0.1) is 5.25 Å². The summed E-state index contributed by atoms with van der Waals surface area (Å²) >= 11 is 4.16. The molecule has 2 amide bonds. The Morgan fingerprint density at radius 3 is 2.00 bits per heavy atom. The Kier molecular flexibility index (Phi) is 6.35. The highest BCUT2D eigenvalue weighted by Gasteiger charge is 2.33. The van der Waals surface area contributed by atoms with Crippen molar-refractivity contribution in [1.29, 1.82) is 0 Å². The number of carbonyl (C=O) groups excluding carboxylic acids is 2. The minimum Gasteiger partial charge on any atom is -0.480 e. The van der Waals surface area contributed by atoms with Gasteiger partial charge in [0.25, 0.3) is 0 Å². The largest absolute Gasteiger partial charge is 0.480 e. The van der Waals surface area contributed by atoms with Crippen molar-refractivity contribution >= 4 is 30.4 Å². The number of rotatable bonds is 6. The van der Waals surface area contributed by atoms with Gasteiger partial charge in [-0.05, 0) is 26.7 Å². The monoisotopic (exact) mass is 290 g/mol. The lowest BCUT2D eigenvalue weighted by Gasteiger charge is -2.28. The van der Waals surface area contributed by atoms with Gasteiger partial charge in [-0.15, -0.1) is 0 Å². The van der Waals surface area contributed by atoms with Crippen molar-refractivity contribution in [2.75, 3.05) is 0 Å². The molecule has 0 aromatic carbocycles. The Morgan fingerprint density at radius 1 is 1.16 bits per heavy atom. The van der Waals surface area contributed by atoms with Crippen LogP contribution in [0.3, 0.4) is 0 Å². The molecule has 0 rings (SSSR count). The number of carboxylic acid groups (broad SMARTS) is 1. The molecule has 0 aliphatic rings. The van der Waals surface area contributed by atoms with Crippen LogP contribution in [0.15, 0.2) is 0 Å². The zero-order valence-electron chi connectivity index (χ0n) is 11.9. The van der Waals surface area contributed by atoms with Gasteiger partial charge in [0.1, 0.15) is 11.6 Å². The van der Waals surface area contributed by atoms with E-state index in [1.807, 2.05) is 13.8 Å². The molecule has 110 valence electrons. The normalized spacial score (nSPS) is 14.7. The number of hydrogen-bond acceptors (Lipinski definition) is 4. The summed E-state index contributed by atoms with van der Waals surface area (Å²) in [5.41, 5.74) is -1.20. The lowest BCUT2D eigenvalue weighted by molar-refractivity contribution is -0.142. The lowest BCUT2D eigenvalue weighted by Crippen LogP contribution is -2.58. The van der Waals surface area contributed by atoms with Crippen molar-refractivity contribution in [2.24, 2.45) is 5.92 Å². The van der Waals surface area contributed by atoms with Crippen molar-refractivity contribution in [2.45, 2.75) is 51.4 Å². The van der Waals surface area contributed by atoms with Gasteiger partial charge in [-0.25, -0.2) is 0 Å². The van der Waals surface area contributed by atoms with Gasteiger partial charge in [-0.2, -0.15) is 12.6 Å². The van der Waals surface area contributed by atoms with Crippen LogP contribution in [0.4, 0.5) is 0 Å². The van der Waals surface area contributed by atoms with E-state index < -0.39 is 28.7 Å². The summed E-state index contributed by atoms with van der Waals surface area (Å²) in [5, 5.41) is 13.1. The zero-order chi connectivity index (χ0) is 15.4. The number of amides is 2. The number of thiol groups is 1. The predicted molar refractivity (Wildman–Crippen MR) is 75.1 cm³/mol. The van der Waals surface area contributed by atoms with Gasteiger partial charge in [-0.3, -0.25) is 14.4 Å². The molecule has 0 aliphatic carbocycles. The average molecular weight is 290 g/mol. The molecule has 1 unspecified atom stereocenters. The van der Waals surface area contributed by atoms with Crippen molar-refractivity contribution in [1.82, 2.24) is 10.6 Å². The van der Waals surface area contributed by atoms with E-state index in [0.29, 0.717) is 0 Å². The van der Waals surface area contributed by atoms with Crippen LogP contribution in [0.1, 0.15) is 34.6 Å². The summed E-state index contributed by atoms with van der Waals surface area (Å²) in [6, 6.07) is -1.01. The van der Waals surface area contributed by atoms with Crippen LogP contribution >= 0.6 is 12.6 Å². The highest BCUT2D eigenvalue weighted by atomic mass is 32.1. The zero-order valence-corrected chi connectivity index (χ0v) is 12.7. The molecule has 7 heteroatoms. The van der Waals surface area contributed by atoms with Gasteiger partial charge >= 0.3 is 5.97 Å². The third-order valence-electron chi connectivity index (χ3n) is 2.62. The second-order valence-electron chi connectivity index (χ2n) is 5.34. The molecule has 0 radical (unpaired) electrons. The Bertz CT molecular complexity index is 369. The van der Waals surface area contributed by atoms with Crippen LogP contribution in [0, 0.1) is 5.92 Å². The van der Waals surface area contributed by atoms with Gasteiger partial charge in [0.2, 0.25) is 11.8 Å². The number of carbonyl (C=O) groups is 3. The molecule has 19 heavy (non-hydrogen) atoms. The standard InChI is InChI=1S/C12H22N2O4S/c1-6(2)8(19)9(15)14-12(4,5)11(18)13-7(3)10(16)17/h6-8,19H,1-5H3,(H,13,18)(H,14,15)(H,16,17)/t7-,8?/m0/s1. The maximum absolute atomic E-state index is 11.9. The topological polar surface area (TPSA) is 95.5 Å². The first-order valence-corrected chi connectivity index (χ1v) is 6.54. The Hall–Kier alpha value is -1.24. The summed E-state index contributed by atoms with van der Waals surface area (Å²) in [7, 11) is 0. The fraction of sp³-hybridized carbons (Fsp3) is 0.750. The van der Waals surface area contributed by atoms with E-state index in [1.165, 1.54) is 20.8 Å². The molecule has 6 nitrogen and oxygen atoms in total. The van der Waals surface area contributed by atoms with Crippen LogP contribution < -0.4 is 10.6 Å². The van der Waals surface area contributed by atoms with Gasteiger partial charge in [0.15, 0.2) is 0 Å². The first-order valence-electron chi connectivity index (χ1n) is 6.03. The molecular weight excluding hydrogens is 268 g/mol.